The lowest BCUT2D eigenvalue weighted by molar-refractivity contribution is 0.114. The molecule has 0 amide bonds. The zero-order valence-corrected chi connectivity index (χ0v) is 21.0. The van der Waals surface area contributed by atoms with Crippen molar-refractivity contribution in [2.24, 2.45) is 9.98 Å². The van der Waals surface area contributed by atoms with Gasteiger partial charge in [-0.1, -0.05) is 0 Å². The van der Waals surface area contributed by atoms with Crippen molar-refractivity contribution in [2.45, 2.75) is 32.5 Å². The first-order valence-corrected chi connectivity index (χ1v) is 11.5. The number of likely N-dealkylation sites (tertiary alicyclic amines) is 1. The van der Waals surface area contributed by atoms with E-state index in [1.54, 1.807) is 6.92 Å². The molecule has 2 aromatic carbocycles. The number of nitrogens with zero attached hydrogens (tertiary/aromatic N) is 3. The highest BCUT2D eigenvalue weighted by atomic mass is 19.1. The van der Waals surface area contributed by atoms with Gasteiger partial charge < -0.3 is 29.2 Å². The normalized spacial score (nSPS) is 15.4. The van der Waals surface area contributed by atoms with Crippen LogP contribution in [0.25, 0.3) is 0 Å². The number of ether oxygens (including phenoxy) is 4. The number of methoxy groups -OCH3 is 2. The minimum Gasteiger partial charge on any atom is -0.494 e. The zero-order valence-electron chi connectivity index (χ0n) is 21.0. The van der Waals surface area contributed by atoms with Crippen LogP contribution in [0, 0.1) is 11.6 Å². The van der Waals surface area contributed by atoms with Gasteiger partial charge in [0.1, 0.15) is 24.2 Å². The lowest BCUT2D eigenvalue weighted by Crippen LogP contribution is -2.35. The van der Waals surface area contributed by atoms with E-state index >= 15 is 0 Å². The average Bonchev–Trinajstić information content (AvgIpc) is 2.89. The Kier molecular flexibility index (Phi) is 9.63. The van der Waals surface area contributed by atoms with Crippen LogP contribution >= 0.6 is 0 Å². The molecule has 1 saturated heterocycles. The average molecular weight is 503 g/mol. The number of halogens is 2. The Hall–Kier alpha value is -3.66. The third-order valence-corrected chi connectivity index (χ3v) is 5.71. The molecule has 3 rings (SSSR count). The highest BCUT2D eigenvalue weighted by Gasteiger charge is 2.20. The van der Waals surface area contributed by atoms with Gasteiger partial charge in [-0.25, -0.2) is 18.8 Å². The molecule has 2 aromatic rings. The lowest BCUT2D eigenvalue weighted by Gasteiger charge is -2.29. The van der Waals surface area contributed by atoms with Gasteiger partial charge in [-0.15, -0.1) is 0 Å². The van der Waals surface area contributed by atoms with Crippen molar-refractivity contribution in [3.8, 4) is 17.2 Å². The summed E-state index contributed by atoms with van der Waals surface area (Å²) in [6.45, 7) is 6.81. The van der Waals surface area contributed by atoms with Crippen molar-refractivity contribution in [1.29, 1.82) is 0 Å². The Bertz CT molecular complexity index is 1070. The van der Waals surface area contributed by atoms with Gasteiger partial charge in [-0.2, -0.15) is 0 Å². The fourth-order valence-corrected chi connectivity index (χ4v) is 3.59. The Morgan fingerprint density at radius 3 is 2.28 bits per heavy atom. The molecular weight excluding hydrogens is 470 g/mol. The number of piperidine rings is 1. The number of aliphatic imine (C=N–C) groups is 2. The van der Waals surface area contributed by atoms with Crippen LogP contribution in [0.15, 0.2) is 52.3 Å². The Morgan fingerprint density at radius 2 is 1.72 bits per heavy atom. The van der Waals surface area contributed by atoms with Crippen LogP contribution in [0.1, 0.15) is 25.3 Å². The zero-order chi connectivity index (χ0) is 26.1. The molecule has 1 heterocycles. The van der Waals surface area contributed by atoms with E-state index in [0.717, 1.165) is 43.4 Å². The van der Waals surface area contributed by atoms with Gasteiger partial charge in [0.25, 0.3) is 0 Å². The van der Waals surface area contributed by atoms with Gasteiger partial charge in [-0.3, -0.25) is 0 Å². The first-order chi connectivity index (χ1) is 17.3. The molecule has 10 heteroatoms. The number of benzene rings is 2. The van der Waals surface area contributed by atoms with E-state index in [2.05, 4.69) is 34.0 Å². The number of nitrogens with one attached hydrogen (secondary N) is 1. The molecule has 0 aromatic heterocycles. The quantitative estimate of drug-likeness (QED) is 0.295. The predicted molar refractivity (Wildman–Crippen MR) is 136 cm³/mol. The monoisotopic (exact) mass is 502 g/mol. The molecule has 0 bridgehead atoms. The Morgan fingerprint density at radius 1 is 1.11 bits per heavy atom. The van der Waals surface area contributed by atoms with Gasteiger partial charge in [0.2, 0.25) is 5.96 Å². The summed E-state index contributed by atoms with van der Waals surface area (Å²) in [6, 6.07) is 8.63. The topological polar surface area (TPSA) is 76.9 Å². The molecule has 0 aliphatic carbocycles. The van der Waals surface area contributed by atoms with E-state index in [9.17, 15) is 8.78 Å². The van der Waals surface area contributed by atoms with Crippen molar-refractivity contribution in [2.75, 3.05) is 39.7 Å². The third-order valence-electron chi connectivity index (χ3n) is 5.71. The molecule has 8 nitrogen and oxygen atoms in total. The molecule has 1 aliphatic heterocycles. The summed E-state index contributed by atoms with van der Waals surface area (Å²) in [7, 11) is 4.69. The molecule has 0 atom stereocenters. The van der Waals surface area contributed by atoms with Crippen molar-refractivity contribution in [1.82, 2.24) is 4.90 Å². The van der Waals surface area contributed by atoms with Crippen LogP contribution in [-0.4, -0.2) is 58.0 Å². The Balaban J connectivity index is 1.59. The molecule has 36 heavy (non-hydrogen) atoms. The number of guanidine groups is 1. The second-order valence-corrected chi connectivity index (χ2v) is 8.30. The van der Waals surface area contributed by atoms with Crippen LogP contribution in [0.3, 0.4) is 0 Å². The SMILES string of the molecule is C=NC(=N/C=C(\C)OCc1c(F)c(OC)cc(OC)c1F)Nc1ccc(OC2CCN(C)CC2)cc1. The molecule has 0 saturated carbocycles. The van der Waals surface area contributed by atoms with Crippen LogP contribution < -0.4 is 19.5 Å². The van der Waals surface area contributed by atoms with Crippen LogP contribution in [-0.2, 0) is 11.3 Å². The largest absolute Gasteiger partial charge is 0.494 e. The molecule has 0 radical (unpaired) electrons. The molecule has 0 unspecified atom stereocenters. The standard InChI is InChI=1S/C26H32F2N4O4/c1-17(35-16-21-24(27)22(33-4)14-23(34-5)25(21)28)15-30-26(29-2)31-18-6-8-19(9-7-18)36-20-10-12-32(3)13-11-20/h6-9,14-15,20H,2,10-13,16H2,1,3-5H3,(H,30,31)/b17-15+. The summed E-state index contributed by atoms with van der Waals surface area (Å²) in [6.07, 6.45) is 3.61. The van der Waals surface area contributed by atoms with Gasteiger partial charge in [0.05, 0.1) is 26.0 Å². The van der Waals surface area contributed by atoms with E-state index in [4.69, 9.17) is 18.9 Å². The third kappa shape index (κ3) is 7.17. The molecule has 0 spiro atoms. The number of allylic oxidation sites excluding steroid dienone is 1. The van der Waals surface area contributed by atoms with Gasteiger partial charge in [0, 0.05) is 24.8 Å². The maximum absolute atomic E-state index is 14.5. The Labute approximate surface area is 210 Å². The lowest BCUT2D eigenvalue weighted by atomic mass is 10.1. The van der Waals surface area contributed by atoms with E-state index in [1.807, 2.05) is 24.3 Å². The van der Waals surface area contributed by atoms with E-state index < -0.39 is 11.6 Å². The molecule has 1 N–H and O–H groups in total. The summed E-state index contributed by atoms with van der Waals surface area (Å²) >= 11 is 0. The predicted octanol–water partition coefficient (Wildman–Crippen LogP) is 5.00. The highest BCUT2D eigenvalue weighted by Crippen LogP contribution is 2.32. The minimum atomic E-state index is -0.856. The summed E-state index contributed by atoms with van der Waals surface area (Å²) in [5.74, 6) is -0.662. The highest BCUT2D eigenvalue weighted by molar-refractivity contribution is 5.96. The van der Waals surface area contributed by atoms with Crippen LogP contribution in [0.5, 0.6) is 17.2 Å². The maximum atomic E-state index is 14.5. The molecule has 1 aliphatic rings. The van der Waals surface area contributed by atoms with Crippen LogP contribution in [0.4, 0.5) is 14.5 Å². The summed E-state index contributed by atoms with van der Waals surface area (Å²) in [5.41, 5.74) is 0.433. The van der Waals surface area contributed by atoms with E-state index in [1.165, 1.54) is 20.4 Å². The van der Waals surface area contributed by atoms with E-state index in [0.29, 0.717) is 5.76 Å². The number of hydrogen-bond donors (Lipinski definition) is 1. The summed E-state index contributed by atoms with van der Waals surface area (Å²) in [5, 5.41) is 3.05. The summed E-state index contributed by atoms with van der Waals surface area (Å²) in [4.78, 5) is 10.4. The molecule has 194 valence electrons. The minimum absolute atomic E-state index is 0.142. The smallest absolute Gasteiger partial charge is 0.226 e. The van der Waals surface area contributed by atoms with Gasteiger partial charge >= 0.3 is 0 Å². The van der Waals surface area contributed by atoms with Gasteiger partial charge in [0.15, 0.2) is 23.1 Å². The second kappa shape index (κ2) is 12.9. The van der Waals surface area contributed by atoms with Crippen molar-refractivity contribution >= 4 is 18.4 Å². The van der Waals surface area contributed by atoms with Crippen molar-refractivity contribution in [3.63, 3.8) is 0 Å². The second-order valence-electron chi connectivity index (χ2n) is 8.30. The van der Waals surface area contributed by atoms with Gasteiger partial charge in [-0.05, 0) is 57.8 Å². The van der Waals surface area contributed by atoms with Crippen LogP contribution in [0.2, 0.25) is 0 Å². The fourth-order valence-electron chi connectivity index (χ4n) is 3.59. The number of anilines is 1. The number of hydrogen-bond acceptors (Lipinski definition) is 6. The fraction of sp³-hybridized carbons (Fsp3) is 0.385. The van der Waals surface area contributed by atoms with Crippen molar-refractivity contribution < 1.29 is 27.7 Å². The maximum Gasteiger partial charge on any atom is 0.226 e. The molecule has 1 fully saturated rings. The molecular formula is C26H32F2N4O4. The first-order valence-electron chi connectivity index (χ1n) is 11.5. The van der Waals surface area contributed by atoms with Crippen molar-refractivity contribution in [3.05, 3.63) is 59.5 Å². The van der Waals surface area contributed by atoms with E-state index in [-0.39, 0.29) is 35.7 Å². The summed E-state index contributed by atoms with van der Waals surface area (Å²) < 4.78 is 50.4. The first kappa shape index (κ1) is 26.9. The number of rotatable bonds is 9.